The number of rotatable bonds is 6. The summed E-state index contributed by atoms with van der Waals surface area (Å²) in [5.41, 5.74) is 3.80. The average Bonchev–Trinajstić information content (AvgIpc) is 3.48. The smallest absolute Gasteiger partial charge is 0.336 e. The highest BCUT2D eigenvalue weighted by molar-refractivity contribution is 14.1. The number of halogens is 1. The van der Waals surface area contributed by atoms with Gasteiger partial charge in [-0.15, -0.1) is 0 Å². The van der Waals surface area contributed by atoms with Crippen molar-refractivity contribution in [2.24, 2.45) is 0 Å². The molecule has 0 unspecified atom stereocenters. The Morgan fingerprint density at radius 2 is 1.24 bits per heavy atom. The van der Waals surface area contributed by atoms with E-state index in [1.807, 2.05) is 41.3 Å². The van der Waals surface area contributed by atoms with Crippen LogP contribution in [0.25, 0.3) is 0 Å². The lowest BCUT2D eigenvalue weighted by molar-refractivity contribution is 0.0695. The number of carboxylic acid groups (broad SMARTS) is 2. The summed E-state index contributed by atoms with van der Waals surface area (Å²) in [5.74, 6) is -2.23. The molecule has 0 saturated heterocycles. The Morgan fingerprint density at radius 3 is 1.61 bits per heavy atom. The predicted octanol–water partition coefficient (Wildman–Crippen LogP) is 6.72. The molecule has 2 N–H and O–H groups in total. The number of benzene rings is 4. The molecule has 0 spiro atoms. The molecule has 0 aliphatic heterocycles. The van der Waals surface area contributed by atoms with Crippen molar-refractivity contribution >= 4 is 34.5 Å². The Balaban J connectivity index is 0.000000206. The second kappa shape index (κ2) is 11.9. The predicted molar refractivity (Wildman–Crippen MR) is 155 cm³/mol. The van der Waals surface area contributed by atoms with Crippen molar-refractivity contribution in [3.63, 3.8) is 0 Å². The van der Waals surface area contributed by atoms with Gasteiger partial charge in [0.05, 0.1) is 17.5 Å². The Kier molecular flexibility index (Phi) is 8.38. The molecule has 5 aromatic rings. The Bertz CT molecular complexity index is 1420. The molecule has 38 heavy (non-hydrogen) atoms. The highest BCUT2D eigenvalue weighted by Crippen LogP contribution is 2.40. The number of hydrogen-bond donors (Lipinski definition) is 2. The van der Waals surface area contributed by atoms with Gasteiger partial charge in [0.2, 0.25) is 0 Å². The zero-order valence-corrected chi connectivity index (χ0v) is 22.7. The first kappa shape index (κ1) is 26.8. The largest absolute Gasteiger partial charge is 0.478 e. The van der Waals surface area contributed by atoms with E-state index in [9.17, 15) is 9.59 Å². The van der Waals surface area contributed by atoms with Crippen molar-refractivity contribution in [3.8, 4) is 0 Å². The van der Waals surface area contributed by atoms with Crippen LogP contribution in [0.1, 0.15) is 43.0 Å². The van der Waals surface area contributed by atoms with E-state index in [2.05, 4.69) is 101 Å². The van der Waals surface area contributed by atoms with Crippen molar-refractivity contribution in [3.05, 3.63) is 159 Å². The lowest BCUT2D eigenvalue weighted by Gasteiger charge is -2.37. The minimum Gasteiger partial charge on any atom is -0.478 e. The van der Waals surface area contributed by atoms with Crippen molar-refractivity contribution in [1.82, 2.24) is 9.55 Å². The fraction of sp³-hybridized carbons (Fsp3) is 0.0645. The molecule has 7 heteroatoms. The first-order chi connectivity index (χ1) is 18.4. The summed E-state index contributed by atoms with van der Waals surface area (Å²) in [6.45, 7) is 1.65. The molecule has 0 aliphatic rings. The first-order valence-corrected chi connectivity index (χ1v) is 12.8. The van der Waals surface area contributed by atoms with E-state index in [0.717, 1.165) is 0 Å². The van der Waals surface area contributed by atoms with Crippen LogP contribution in [0.4, 0.5) is 0 Å². The monoisotopic (exact) mass is 616 g/mol. The Hall–Kier alpha value is -4.24. The van der Waals surface area contributed by atoms with E-state index in [1.165, 1.54) is 28.8 Å². The van der Waals surface area contributed by atoms with Gasteiger partial charge in [-0.25, -0.2) is 14.6 Å². The summed E-state index contributed by atoms with van der Waals surface area (Å²) in [6.07, 6.45) is 5.77. The molecule has 190 valence electrons. The van der Waals surface area contributed by atoms with Gasteiger partial charge in [0.15, 0.2) is 0 Å². The molecule has 0 atom stereocenters. The molecule has 0 aliphatic carbocycles. The van der Waals surface area contributed by atoms with Crippen molar-refractivity contribution < 1.29 is 19.8 Å². The number of carbonyl (C=O) groups is 2. The summed E-state index contributed by atoms with van der Waals surface area (Å²) in [6, 6.07) is 34.4. The van der Waals surface area contributed by atoms with Crippen molar-refractivity contribution in [2.75, 3.05) is 0 Å². The van der Waals surface area contributed by atoms with E-state index in [1.54, 1.807) is 6.92 Å². The summed E-state index contributed by atoms with van der Waals surface area (Å²) < 4.78 is 2.83. The Morgan fingerprint density at radius 1 is 0.763 bits per heavy atom. The van der Waals surface area contributed by atoms with Gasteiger partial charge < -0.3 is 14.8 Å². The molecule has 0 fully saturated rings. The third kappa shape index (κ3) is 5.38. The van der Waals surface area contributed by atoms with Gasteiger partial charge in [0.25, 0.3) is 0 Å². The SMILES string of the molecule is Cc1c(I)cc(C(=O)O)cc1C(=O)O.c1ccc(C(c2ccccc2)(c2ccccc2)n2ccnc2)cc1. The second-order valence-corrected chi connectivity index (χ2v) is 9.68. The van der Waals surface area contributed by atoms with Gasteiger partial charge in [-0.3, -0.25) is 0 Å². The van der Waals surface area contributed by atoms with Crippen LogP contribution in [0.5, 0.6) is 0 Å². The van der Waals surface area contributed by atoms with Crippen LogP contribution in [0.15, 0.2) is 122 Å². The highest BCUT2D eigenvalue weighted by Gasteiger charge is 2.37. The third-order valence-electron chi connectivity index (χ3n) is 6.29. The van der Waals surface area contributed by atoms with Crippen LogP contribution < -0.4 is 0 Å². The van der Waals surface area contributed by atoms with Crippen LogP contribution in [-0.4, -0.2) is 31.7 Å². The minimum atomic E-state index is -1.12. The number of imidazole rings is 1. The van der Waals surface area contributed by atoms with E-state index in [0.29, 0.717) is 9.13 Å². The standard InChI is InChI=1S/C22H18N2.C9H7IO4/c1-4-10-19(11-5-1)22(24-17-16-23-18-24,20-12-6-2-7-13-20)21-14-8-3-9-15-21;1-4-6(9(13)14)2-5(8(11)12)3-7(4)10/h1-18H;2-3H,1H3,(H,11,12)(H,13,14). The van der Waals surface area contributed by atoms with Gasteiger partial charge in [0.1, 0.15) is 5.54 Å². The number of carboxylic acids is 2. The maximum Gasteiger partial charge on any atom is 0.336 e. The topological polar surface area (TPSA) is 92.4 Å². The van der Waals surface area contributed by atoms with E-state index in [4.69, 9.17) is 10.2 Å². The lowest BCUT2D eigenvalue weighted by Crippen LogP contribution is -2.36. The molecule has 5 rings (SSSR count). The van der Waals surface area contributed by atoms with Crippen LogP contribution in [0.3, 0.4) is 0 Å². The molecule has 4 aromatic carbocycles. The molecule has 0 amide bonds. The molecular weight excluding hydrogens is 591 g/mol. The minimum absolute atomic E-state index is 0.00241. The molecule has 1 heterocycles. The van der Waals surface area contributed by atoms with Crippen LogP contribution >= 0.6 is 22.6 Å². The number of hydrogen-bond acceptors (Lipinski definition) is 3. The molecule has 0 radical (unpaired) electrons. The van der Waals surface area contributed by atoms with Gasteiger partial charge in [-0.2, -0.15) is 0 Å². The third-order valence-corrected chi connectivity index (χ3v) is 7.41. The fourth-order valence-electron chi connectivity index (χ4n) is 4.47. The molecule has 0 saturated carbocycles. The normalized spacial score (nSPS) is 10.8. The quantitative estimate of drug-likeness (QED) is 0.163. The lowest BCUT2D eigenvalue weighted by atomic mass is 9.77. The van der Waals surface area contributed by atoms with E-state index >= 15 is 0 Å². The molecule has 0 bridgehead atoms. The van der Waals surface area contributed by atoms with Crippen LogP contribution in [0, 0.1) is 10.5 Å². The van der Waals surface area contributed by atoms with Crippen LogP contribution in [0.2, 0.25) is 0 Å². The molecule has 1 aromatic heterocycles. The summed E-state index contributed by atoms with van der Waals surface area (Å²) >= 11 is 1.92. The summed E-state index contributed by atoms with van der Waals surface area (Å²) in [4.78, 5) is 25.7. The second-order valence-electron chi connectivity index (χ2n) is 8.52. The highest BCUT2D eigenvalue weighted by atomic mass is 127. The summed E-state index contributed by atoms with van der Waals surface area (Å²) in [5, 5.41) is 17.5. The van der Waals surface area contributed by atoms with Gasteiger partial charge in [-0.1, -0.05) is 91.0 Å². The average molecular weight is 616 g/mol. The zero-order chi connectivity index (χ0) is 27.1. The Labute approximate surface area is 234 Å². The maximum atomic E-state index is 10.8. The first-order valence-electron chi connectivity index (χ1n) is 11.8. The van der Waals surface area contributed by atoms with Crippen LogP contribution in [-0.2, 0) is 5.54 Å². The maximum absolute atomic E-state index is 10.8. The summed E-state index contributed by atoms with van der Waals surface area (Å²) in [7, 11) is 0. The zero-order valence-electron chi connectivity index (χ0n) is 20.5. The van der Waals surface area contributed by atoms with Crippen molar-refractivity contribution in [2.45, 2.75) is 12.5 Å². The van der Waals surface area contributed by atoms with E-state index < -0.39 is 17.5 Å². The van der Waals surface area contributed by atoms with E-state index in [-0.39, 0.29) is 11.1 Å². The fourth-order valence-corrected chi connectivity index (χ4v) is 5.09. The number of aromatic nitrogens is 2. The molecular formula is C31H25IN2O4. The van der Waals surface area contributed by atoms with Gasteiger partial charge in [0, 0.05) is 16.0 Å². The number of aromatic carboxylic acids is 2. The van der Waals surface area contributed by atoms with Crippen molar-refractivity contribution in [1.29, 1.82) is 0 Å². The van der Waals surface area contributed by atoms with Gasteiger partial charge in [-0.05, 0) is 63.9 Å². The number of nitrogens with zero attached hydrogens (tertiary/aromatic N) is 2. The van der Waals surface area contributed by atoms with Gasteiger partial charge >= 0.3 is 11.9 Å². The molecule has 6 nitrogen and oxygen atoms in total.